The third-order valence-electron chi connectivity index (χ3n) is 6.83. The fraction of sp³-hybridized carbons (Fsp3) is 0.682. The fourth-order valence-electron chi connectivity index (χ4n) is 5.01. The highest BCUT2D eigenvalue weighted by molar-refractivity contribution is 5.81. The Kier molecular flexibility index (Phi) is 5.13. The van der Waals surface area contributed by atoms with Crippen LogP contribution in [0.15, 0.2) is 24.3 Å². The van der Waals surface area contributed by atoms with Gasteiger partial charge in [-0.05, 0) is 29.9 Å². The first-order valence-electron chi connectivity index (χ1n) is 10.8. The van der Waals surface area contributed by atoms with Crippen LogP contribution in [0.3, 0.4) is 0 Å². The molecule has 1 saturated carbocycles. The van der Waals surface area contributed by atoms with Gasteiger partial charge in [0.25, 0.3) is 0 Å². The molecule has 0 radical (unpaired) electrons. The predicted molar refractivity (Wildman–Crippen MR) is 106 cm³/mol. The van der Waals surface area contributed by atoms with Gasteiger partial charge < -0.3 is 14.8 Å². The lowest BCUT2D eigenvalue weighted by Crippen LogP contribution is -2.45. The number of carbonyl (C=O) groups excluding carboxylic acids is 1. The largest absolute Gasteiger partial charge is 0.379 e. The van der Waals surface area contributed by atoms with Crippen molar-refractivity contribution < 1.29 is 14.3 Å². The first-order chi connectivity index (χ1) is 13.7. The van der Waals surface area contributed by atoms with Gasteiger partial charge in [-0.15, -0.1) is 0 Å². The van der Waals surface area contributed by atoms with Crippen LogP contribution in [-0.4, -0.2) is 74.4 Å². The molecule has 2 atom stereocenters. The Labute approximate surface area is 167 Å². The van der Waals surface area contributed by atoms with Gasteiger partial charge in [-0.25, -0.2) is 0 Å². The molecule has 1 spiro atoms. The molecule has 6 heteroatoms. The van der Waals surface area contributed by atoms with Crippen molar-refractivity contribution in [2.75, 3.05) is 52.5 Å². The Morgan fingerprint density at radius 2 is 2.04 bits per heavy atom. The van der Waals surface area contributed by atoms with Gasteiger partial charge >= 0.3 is 0 Å². The van der Waals surface area contributed by atoms with Gasteiger partial charge in [-0.3, -0.25) is 14.6 Å². The summed E-state index contributed by atoms with van der Waals surface area (Å²) in [4.78, 5) is 17.7. The maximum absolute atomic E-state index is 12.8. The molecule has 0 bridgehead atoms. The molecule has 1 aromatic carbocycles. The second kappa shape index (κ2) is 7.75. The number of rotatable bonds is 6. The van der Waals surface area contributed by atoms with Crippen molar-refractivity contribution in [2.45, 2.75) is 37.5 Å². The van der Waals surface area contributed by atoms with Crippen molar-refractivity contribution in [3.05, 3.63) is 35.4 Å². The molecule has 2 unspecified atom stereocenters. The lowest BCUT2D eigenvalue weighted by Gasteiger charge is -2.34. The molecule has 1 N–H and O–H groups in total. The van der Waals surface area contributed by atoms with E-state index in [-0.39, 0.29) is 17.6 Å². The van der Waals surface area contributed by atoms with Crippen molar-refractivity contribution in [2.24, 2.45) is 5.92 Å². The van der Waals surface area contributed by atoms with Crippen molar-refractivity contribution in [1.82, 2.24) is 15.1 Å². The van der Waals surface area contributed by atoms with Gasteiger partial charge in [-0.1, -0.05) is 24.3 Å². The fourth-order valence-corrected chi connectivity index (χ4v) is 5.01. The minimum absolute atomic E-state index is 0.0425. The van der Waals surface area contributed by atoms with E-state index in [0.717, 1.165) is 58.3 Å². The third-order valence-corrected chi connectivity index (χ3v) is 6.83. The summed E-state index contributed by atoms with van der Waals surface area (Å²) in [5.74, 6) is 0.869. The van der Waals surface area contributed by atoms with E-state index in [1.165, 1.54) is 24.0 Å². The molecule has 6 nitrogen and oxygen atoms in total. The van der Waals surface area contributed by atoms with Crippen LogP contribution in [0.1, 0.15) is 30.4 Å². The Hall–Kier alpha value is -1.47. The van der Waals surface area contributed by atoms with Crippen molar-refractivity contribution in [1.29, 1.82) is 0 Å². The quantitative estimate of drug-likeness (QED) is 0.801. The zero-order chi connectivity index (χ0) is 19.0. The molecule has 3 aliphatic heterocycles. The maximum Gasteiger partial charge on any atom is 0.249 e. The van der Waals surface area contributed by atoms with E-state index >= 15 is 0 Å². The molecule has 152 valence electrons. The lowest BCUT2D eigenvalue weighted by molar-refractivity contribution is -0.130. The highest BCUT2D eigenvalue weighted by Crippen LogP contribution is 2.48. The summed E-state index contributed by atoms with van der Waals surface area (Å²) in [6.45, 7) is 7.77. The zero-order valence-corrected chi connectivity index (χ0v) is 16.6. The summed E-state index contributed by atoms with van der Waals surface area (Å²) in [5.41, 5.74) is 2.66. The van der Waals surface area contributed by atoms with E-state index in [4.69, 9.17) is 9.47 Å². The van der Waals surface area contributed by atoms with E-state index in [0.29, 0.717) is 13.2 Å². The van der Waals surface area contributed by atoms with Crippen LogP contribution in [0.25, 0.3) is 0 Å². The molecule has 28 heavy (non-hydrogen) atoms. The molecule has 3 heterocycles. The van der Waals surface area contributed by atoms with Crippen molar-refractivity contribution in [3.63, 3.8) is 0 Å². The number of ether oxygens (including phenoxy) is 2. The number of amides is 1. The number of carbonyl (C=O) groups is 1. The van der Waals surface area contributed by atoms with Gasteiger partial charge in [0.2, 0.25) is 5.91 Å². The number of fused-ring (bicyclic) bond motifs is 2. The normalized spacial score (nSPS) is 30.6. The Morgan fingerprint density at radius 1 is 1.21 bits per heavy atom. The van der Waals surface area contributed by atoms with Gasteiger partial charge in [0.15, 0.2) is 0 Å². The summed E-state index contributed by atoms with van der Waals surface area (Å²) in [6, 6.07) is 8.72. The number of nitrogens with one attached hydrogen (secondary N) is 1. The molecule has 4 aliphatic rings. The van der Waals surface area contributed by atoms with E-state index in [2.05, 4.69) is 39.4 Å². The monoisotopic (exact) mass is 385 g/mol. The lowest BCUT2D eigenvalue weighted by atomic mass is 9.86. The van der Waals surface area contributed by atoms with E-state index in [1.807, 2.05) is 0 Å². The highest BCUT2D eigenvalue weighted by atomic mass is 16.5. The molecule has 0 aromatic heterocycles. The van der Waals surface area contributed by atoms with E-state index < -0.39 is 0 Å². The van der Waals surface area contributed by atoms with E-state index in [9.17, 15) is 4.79 Å². The summed E-state index contributed by atoms with van der Waals surface area (Å²) in [5, 5.41) is 3.11. The summed E-state index contributed by atoms with van der Waals surface area (Å²) < 4.78 is 11.5. The molecular formula is C22H31N3O3. The molecule has 5 rings (SSSR count). The molecule has 1 aliphatic carbocycles. The minimum atomic E-state index is -0.349. The first kappa shape index (κ1) is 18.6. The number of nitrogens with zero attached hydrogens (tertiary/aromatic N) is 2. The Balaban J connectivity index is 1.22. The van der Waals surface area contributed by atoms with Gasteiger partial charge in [0, 0.05) is 45.7 Å². The standard InChI is InChI=1S/C22H31N3O3/c26-21(23-7-8-24-9-11-27-12-10-24)20-13-22(16-28-20)19-4-2-1-3-18(19)15-25(22)14-17-5-6-17/h1-4,17,20H,5-16H2,(H,23,26). The molecule has 2 saturated heterocycles. The second-order valence-electron chi connectivity index (χ2n) is 8.76. The minimum Gasteiger partial charge on any atom is -0.379 e. The maximum atomic E-state index is 12.8. The summed E-state index contributed by atoms with van der Waals surface area (Å²) >= 11 is 0. The molecular weight excluding hydrogens is 354 g/mol. The smallest absolute Gasteiger partial charge is 0.249 e. The van der Waals surface area contributed by atoms with Crippen LogP contribution in [0.5, 0.6) is 0 Å². The number of benzene rings is 1. The van der Waals surface area contributed by atoms with Crippen molar-refractivity contribution >= 4 is 5.91 Å². The van der Waals surface area contributed by atoms with E-state index in [1.54, 1.807) is 0 Å². The Bertz CT molecular complexity index is 717. The average Bonchev–Trinajstić information content (AvgIpc) is 3.35. The molecule has 3 fully saturated rings. The number of hydrogen-bond donors (Lipinski definition) is 1. The van der Waals surface area contributed by atoms with Crippen molar-refractivity contribution in [3.8, 4) is 0 Å². The Morgan fingerprint density at radius 3 is 2.86 bits per heavy atom. The van der Waals surface area contributed by atoms with Crippen LogP contribution < -0.4 is 5.32 Å². The number of morpholine rings is 1. The first-order valence-corrected chi connectivity index (χ1v) is 10.8. The van der Waals surface area contributed by atoms with Gasteiger partial charge in [-0.2, -0.15) is 0 Å². The third kappa shape index (κ3) is 3.59. The van der Waals surface area contributed by atoms with Gasteiger partial charge in [0.1, 0.15) is 6.10 Å². The zero-order valence-electron chi connectivity index (χ0n) is 16.6. The van der Waals surface area contributed by atoms with Gasteiger partial charge in [0.05, 0.1) is 25.4 Å². The highest BCUT2D eigenvalue weighted by Gasteiger charge is 2.53. The number of hydrogen-bond acceptors (Lipinski definition) is 5. The average molecular weight is 386 g/mol. The van der Waals surface area contributed by atoms with Crippen LogP contribution >= 0.6 is 0 Å². The second-order valence-corrected chi connectivity index (χ2v) is 8.76. The van der Waals surface area contributed by atoms with Crippen LogP contribution in [0, 0.1) is 5.92 Å². The molecule has 1 aromatic rings. The summed E-state index contributed by atoms with van der Waals surface area (Å²) in [6.07, 6.45) is 3.10. The topological polar surface area (TPSA) is 54.0 Å². The van der Waals surface area contributed by atoms with Crippen LogP contribution in [0.4, 0.5) is 0 Å². The SMILES string of the molecule is O=C(NCCN1CCOCC1)C1CC2(CO1)c1ccccc1CN2CC1CC1. The molecule has 1 amide bonds. The summed E-state index contributed by atoms with van der Waals surface area (Å²) in [7, 11) is 0. The predicted octanol–water partition coefficient (Wildman–Crippen LogP) is 1.34. The van der Waals surface area contributed by atoms with Crippen LogP contribution in [0.2, 0.25) is 0 Å². The van der Waals surface area contributed by atoms with Crippen LogP contribution in [-0.2, 0) is 26.4 Å².